The maximum Gasteiger partial charge on any atom is 0.274 e. The lowest BCUT2D eigenvalue weighted by Gasteiger charge is -2.25. The zero-order valence-electron chi connectivity index (χ0n) is 15.9. The van der Waals surface area contributed by atoms with E-state index in [1.54, 1.807) is 0 Å². The first-order chi connectivity index (χ1) is 13.7. The molecule has 1 fully saturated rings. The van der Waals surface area contributed by atoms with E-state index in [9.17, 15) is 4.79 Å². The van der Waals surface area contributed by atoms with E-state index in [4.69, 9.17) is 9.47 Å². The summed E-state index contributed by atoms with van der Waals surface area (Å²) < 4.78 is 13.5. The molecule has 0 spiro atoms. The molecule has 144 valence electrons. The highest BCUT2D eigenvalue weighted by Gasteiger charge is 2.32. The fraction of sp³-hybridized carbons (Fsp3) is 0.364. The van der Waals surface area contributed by atoms with Crippen LogP contribution in [0.4, 0.5) is 0 Å². The minimum absolute atomic E-state index is 0.0176. The zero-order chi connectivity index (χ0) is 19.1. The summed E-state index contributed by atoms with van der Waals surface area (Å²) in [4.78, 5) is 19.7. The van der Waals surface area contributed by atoms with Crippen LogP contribution in [0.3, 0.4) is 0 Å². The predicted molar refractivity (Wildman–Crippen MR) is 105 cm³/mol. The lowest BCUT2D eigenvalue weighted by atomic mass is 10.0. The van der Waals surface area contributed by atoms with Crippen LogP contribution in [0.15, 0.2) is 42.7 Å². The monoisotopic (exact) mass is 377 g/mol. The van der Waals surface area contributed by atoms with Crippen LogP contribution in [0.1, 0.15) is 46.9 Å². The number of rotatable bonds is 2. The summed E-state index contributed by atoms with van der Waals surface area (Å²) in [5.41, 5.74) is 3.51. The number of aryl methyl sites for hydroxylation is 1. The molecule has 6 nitrogen and oxygen atoms in total. The van der Waals surface area contributed by atoms with Gasteiger partial charge in [0.05, 0.1) is 19.3 Å². The number of imidazole rings is 1. The van der Waals surface area contributed by atoms with Gasteiger partial charge < -0.3 is 18.8 Å². The summed E-state index contributed by atoms with van der Waals surface area (Å²) >= 11 is 0. The molecule has 6 heteroatoms. The van der Waals surface area contributed by atoms with Crippen molar-refractivity contribution in [3.63, 3.8) is 0 Å². The van der Waals surface area contributed by atoms with Crippen molar-refractivity contribution in [3.8, 4) is 11.5 Å². The second kappa shape index (κ2) is 6.86. The maximum atomic E-state index is 13.2. The highest BCUT2D eigenvalue weighted by molar-refractivity contribution is 5.93. The summed E-state index contributed by atoms with van der Waals surface area (Å²) in [6.07, 6.45) is 6.57. The first-order valence-corrected chi connectivity index (χ1v) is 9.85. The Hall–Kier alpha value is -3.02. The van der Waals surface area contributed by atoms with Gasteiger partial charge in [-0.2, -0.15) is 0 Å². The van der Waals surface area contributed by atoms with Gasteiger partial charge in [0.25, 0.3) is 5.91 Å². The van der Waals surface area contributed by atoms with Gasteiger partial charge in [0.1, 0.15) is 11.3 Å². The van der Waals surface area contributed by atoms with E-state index in [1.165, 1.54) is 0 Å². The normalized spacial score (nSPS) is 19.0. The molecule has 2 aromatic heterocycles. The minimum Gasteiger partial charge on any atom is -0.490 e. The molecule has 0 N–H and O–H groups in total. The Kier molecular flexibility index (Phi) is 4.19. The van der Waals surface area contributed by atoms with E-state index < -0.39 is 0 Å². The SMILES string of the molecule is Cc1ccn2cc(C(=O)N3CCCC3c3ccc4c(c3)OCCCO4)nc2c1. The fourth-order valence-electron chi connectivity index (χ4n) is 4.08. The van der Waals surface area contributed by atoms with E-state index in [2.05, 4.69) is 11.1 Å². The zero-order valence-corrected chi connectivity index (χ0v) is 15.9. The van der Waals surface area contributed by atoms with Crippen molar-refractivity contribution in [1.82, 2.24) is 14.3 Å². The number of hydrogen-bond donors (Lipinski definition) is 0. The largest absolute Gasteiger partial charge is 0.490 e. The third-order valence-corrected chi connectivity index (χ3v) is 5.50. The molecule has 0 bridgehead atoms. The molecule has 1 aromatic carbocycles. The molecule has 2 aliphatic rings. The average molecular weight is 377 g/mol. The third kappa shape index (κ3) is 2.99. The molecule has 0 aliphatic carbocycles. The van der Waals surface area contributed by atoms with Gasteiger partial charge in [-0.1, -0.05) is 6.07 Å². The number of amides is 1. The maximum absolute atomic E-state index is 13.2. The number of benzene rings is 1. The molecule has 2 aliphatic heterocycles. The first kappa shape index (κ1) is 17.1. The van der Waals surface area contributed by atoms with Crippen molar-refractivity contribution in [3.05, 3.63) is 59.5 Å². The molecule has 5 rings (SSSR count). The molecule has 1 amide bonds. The summed E-state index contributed by atoms with van der Waals surface area (Å²) in [5.74, 6) is 1.54. The lowest BCUT2D eigenvalue weighted by molar-refractivity contribution is 0.0730. The Morgan fingerprint density at radius 1 is 1.11 bits per heavy atom. The molecule has 4 heterocycles. The van der Waals surface area contributed by atoms with Gasteiger partial charge in [-0.05, 0) is 55.2 Å². The second-order valence-corrected chi connectivity index (χ2v) is 7.51. The van der Waals surface area contributed by atoms with Crippen LogP contribution in [0.2, 0.25) is 0 Å². The number of carbonyl (C=O) groups excluding carboxylic acids is 1. The Labute approximate surface area is 163 Å². The standard InChI is InChI=1S/C22H23N3O3/c1-15-7-9-24-14-17(23-21(24)12-15)22(26)25-8-2-4-18(25)16-5-6-19-20(13-16)28-11-3-10-27-19/h5-7,9,12-14,18H,2-4,8,10-11H2,1H3. The summed E-state index contributed by atoms with van der Waals surface area (Å²) in [6.45, 7) is 4.10. The highest BCUT2D eigenvalue weighted by atomic mass is 16.5. The van der Waals surface area contributed by atoms with Crippen molar-refractivity contribution < 1.29 is 14.3 Å². The van der Waals surface area contributed by atoms with Crippen LogP contribution in [0.5, 0.6) is 11.5 Å². The third-order valence-electron chi connectivity index (χ3n) is 5.50. The quantitative estimate of drug-likeness (QED) is 0.682. The number of likely N-dealkylation sites (tertiary alicyclic amines) is 1. The van der Waals surface area contributed by atoms with E-state index >= 15 is 0 Å². The van der Waals surface area contributed by atoms with Crippen molar-refractivity contribution in [2.24, 2.45) is 0 Å². The van der Waals surface area contributed by atoms with Crippen LogP contribution in [0.25, 0.3) is 5.65 Å². The molecule has 1 unspecified atom stereocenters. The van der Waals surface area contributed by atoms with Crippen molar-refractivity contribution >= 4 is 11.6 Å². The molecule has 1 atom stereocenters. The Balaban J connectivity index is 1.44. The van der Waals surface area contributed by atoms with Crippen LogP contribution < -0.4 is 9.47 Å². The number of hydrogen-bond acceptors (Lipinski definition) is 4. The molecule has 1 saturated heterocycles. The average Bonchev–Trinajstić information content (AvgIpc) is 3.28. The van der Waals surface area contributed by atoms with Crippen LogP contribution in [-0.2, 0) is 0 Å². The number of carbonyl (C=O) groups is 1. The van der Waals surface area contributed by atoms with Gasteiger partial charge in [0, 0.05) is 25.4 Å². The van der Waals surface area contributed by atoms with Crippen molar-refractivity contribution in [1.29, 1.82) is 0 Å². The molecular weight excluding hydrogens is 354 g/mol. The molecular formula is C22H23N3O3. The lowest BCUT2D eigenvalue weighted by Crippen LogP contribution is -2.30. The molecule has 28 heavy (non-hydrogen) atoms. The molecule has 3 aromatic rings. The number of pyridine rings is 1. The predicted octanol–water partition coefficient (Wildman–Crippen LogP) is 3.78. The van der Waals surface area contributed by atoms with Crippen molar-refractivity contribution in [2.45, 2.75) is 32.2 Å². The number of ether oxygens (including phenoxy) is 2. The van der Waals surface area contributed by atoms with Crippen LogP contribution >= 0.6 is 0 Å². The molecule has 0 radical (unpaired) electrons. The van der Waals surface area contributed by atoms with Gasteiger partial charge in [0.2, 0.25) is 0 Å². The number of nitrogens with zero attached hydrogens (tertiary/aromatic N) is 3. The van der Waals surface area contributed by atoms with E-state index in [0.29, 0.717) is 18.9 Å². The van der Waals surface area contributed by atoms with Gasteiger partial charge in [-0.3, -0.25) is 4.79 Å². The van der Waals surface area contributed by atoms with E-state index in [1.807, 2.05) is 52.9 Å². The van der Waals surface area contributed by atoms with Gasteiger partial charge >= 0.3 is 0 Å². The van der Waals surface area contributed by atoms with Crippen LogP contribution in [0, 0.1) is 6.92 Å². The Morgan fingerprint density at radius 2 is 1.96 bits per heavy atom. The van der Waals surface area contributed by atoms with E-state index in [0.717, 1.165) is 54.1 Å². The topological polar surface area (TPSA) is 56.1 Å². The summed E-state index contributed by atoms with van der Waals surface area (Å²) in [7, 11) is 0. The first-order valence-electron chi connectivity index (χ1n) is 9.85. The summed E-state index contributed by atoms with van der Waals surface area (Å²) in [6, 6.07) is 10.1. The van der Waals surface area contributed by atoms with Crippen LogP contribution in [-0.4, -0.2) is 40.0 Å². The fourth-order valence-corrected chi connectivity index (χ4v) is 4.08. The Bertz CT molecular complexity index is 1040. The smallest absolute Gasteiger partial charge is 0.274 e. The van der Waals surface area contributed by atoms with Gasteiger partial charge in [-0.25, -0.2) is 4.98 Å². The Morgan fingerprint density at radius 3 is 2.86 bits per heavy atom. The minimum atomic E-state index is -0.0176. The number of fused-ring (bicyclic) bond motifs is 2. The highest BCUT2D eigenvalue weighted by Crippen LogP contribution is 2.38. The summed E-state index contributed by atoms with van der Waals surface area (Å²) in [5, 5.41) is 0. The van der Waals surface area contributed by atoms with Gasteiger partial charge in [0.15, 0.2) is 11.5 Å². The van der Waals surface area contributed by atoms with Gasteiger partial charge in [-0.15, -0.1) is 0 Å². The number of aromatic nitrogens is 2. The second-order valence-electron chi connectivity index (χ2n) is 7.51. The van der Waals surface area contributed by atoms with E-state index in [-0.39, 0.29) is 11.9 Å². The molecule has 0 saturated carbocycles. The van der Waals surface area contributed by atoms with Crippen molar-refractivity contribution in [2.75, 3.05) is 19.8 Å².